The Morgan fingerprint density at radius 3 is 2.62 bits per heavy atom. The highest BCUT2D eigenvalue weighted by atomic mass is 16.6. The molecule has 0 aromatic heterocycles. The molecule has 9 nitrogen and oxygen atoms in total. The highest BCUT2D eigenvalue weighted by Crippen LogP contribution is 2.47. The van der Waals surface area contributed by atoms with Gasteiger partial charge < -0.3 is 34.7 Å². The molecule has 0 aliphatic carbocycles. The van der Waals surface area contributed by atoms with E-state index in [0.717, 1.165) is 16.9 Å². The normalized spacial score (nSPS) is 22.8. The number of rotatable bonds is 9. The van der Waals surface area contributed by atoms with Crippen molar-refractivity contribution in [1.82, 2.24) is 5.32 Å². The fraction of sp³-hybridized carbons (Fsp3) is 0.440. The molecule has 0 radical (unpaired) electrons. The largest absolute Gasteiger partial charge is 0.497 e. The maximum atomic E-state index is 12.6. The van der Waals surface area contributed by atoms with Crippen molar-refractivity contribution in [1.29, 1.82) is 0 Å². The van der Waals surface area contributed by atoms with Crippen molar-refractivity contribution in [3.8, 4) is 11.5 Å². The zero-order valence-corrected chi connectivity index (χ0v) is 19.3. The smallest absolute Gasteiger partial charge is 0.250 e. The fourth-order valence-electron chi connectivity index (χ4n) is 4.52. The third-order valence-corrected chi connectivity index (χ3v) is 6.12. The van der Waals surface area contributed by atoms with Gasteiger partial charge in [-0.25, -0.2) is 0 Å². The van der Waals surface area contributed by atoms with Crippen molar-refractivity contribution in [2.45, 2.75) is 43.6 Å². The first-order valence-electron chi connectivity index (χ1n) is 11.3. The maximum Gasteiger partial charge on any atom is 0.250 e. The molecule has 1 saturated heterocycles. The second-order valence-electron chi connectivity index (χ2n) is 8.47. The van der Waals surface area contributed by atoms with Crippen LogP contribution < -0.4 is 20.1 Å². The molecule has 0 spiro atoms. The summed E-state index contributed by atoms with van der Waals surface area (Å²) in [5.74, 6) is 1.03. The van der Waals surface area contributed by atoms with E-state index in [4.69, 9.17) is 18.9 Å². The zero-order chi connectivity index (χ0) is 24.1. The number of aliphatic hydroxyl groups excluding tert-OH is 1. The lowest BCUT2D eigenvalue weighted by Gasteiger charge is -2.37. The van der Waals surface area contributed by atoms with Gasteiger partial charge in [0.2, 0.25) is 11.8 Å². The van der Waals surface area contributed by atoms with Gasteiger partial charge in [0, 0.05) is 30.8 Å². The Balaban J connectivity index is 1.39. The molecule has 3 N–H and O–H groups in total. The summed E-state index contributed by atoms with van der Waals surface area (Å²) in [5, 5.41) is 15.6. The van der Waals surface area contributed by atoms with Crippen LogP contribution in [-0.4, -0.2) is 62.7 Å². The number of hydrogen-bond donors (Lipinski definition) is 3. The highest BCUT2D eigenvalue weighted by Gasteiger charge is 2.46. The van der Waals surface area contributed by atoms with E-state index in [0.29, 0.717) is 24.4 Å². The summed E-state index contributed by atoms with van der Waals surface area (Å²) < 4.78 is 22.1. The van der Waals surface area contributed by atoms with Gasteiger partial charge in [0.1, 0.15) is 30.3 Å². The Labute approximate surface area is 198 Å². The number of ether oxygens (including phenoxy) is 4. The fourth-order valence-corrected chi connectivity index (χ4v) is 4.52. The van der Waals surface area contributed by atoms with E-state index < -0.39 is 6.10 Å². The van der Waals surface area contributed by atoms with Crippen LogP contribution in [0.3, 0.4) is 0 Å². The average molecular weight is 471 g/mol. The monoisotopic (exact) mass is 470 g/mol. The van der Waals surface area contributed by atoms with Gasteiger partial charge in [-0.2, -0.15) is 0 Å². The number of fused-ring (bicyclic) bond motifs is 3. The van der Waals surface area contributed by atoms with Crippen LogP contribution in [0.4, 0.5) is 5.69 Å². The van der Waals surface area contributed by atoms with Crippen molar-refractivity contribution in [2.24, 2.45) is 0 Å². The Morgan fingerprint density at radius 1 is 1.12 bits per heavy atom. The lowest BCUT2D eigenvalue weighted by molar-refractivity contribution is -0.142. The van der Waals surface area contributed by atoms with Gasteiger partial charge in [-0.3, -0.25) is 9.59 Å². The zero-order valence-electron chi connectivity index (χ0n) is 19.3. The molecule has 2 aliphatic heterocycles. The summed E-state index contributed by atoms with van der Waals surface area (Å²) in [5.41, 5.74) is 2.55. The molecule has 4 atom stereocenters. The van der Waals surface area contributed by atoms with Gasteiger partial charge in [-0.05, 0) is 42.3 Å². The number of carbonyl (C=O) groups is 2. The van der Waals surface area contributed by atoms with Gasteiger partial charge in [0.15, 0.2) is 0 Å². The van der Waals surface area contributed by atoms with E-state index in [1.807, 2.05) is 30.3 Å². The molecule has 4 rings (SSSR count). The first-order valence-corrected chi connectivity index (χ1v) is 11.3. The molecule has 0 unspecified atom stereocenters. The Morgan fingerprint density at radius 2 is 1.91 bits per heavy atom. The molecule has 0 bridgehead atoms. The van der Waals surface area contributed by atoms with Gasteiger partial charge in [-0.1, -0.05) is 12.1 Å². The first kappa shape index (κ1) is 24.0. The van der Waals surface area contributed by atoms with Crippen LogP contribution >= 0.6 is 0 Å². The predicted octanol–water partition coefficient (Wildman–Crippen LogP) is 1.98. The maximum absolute atomic E-state index is 12.6. The molecule has 0 saturated carbocycles. The molecule has 2 aliphatic rings. The van der Waals surface area contributed by atoms with Crippen molar-refractivity contribution < 1.29 is 33.6 Å². The van der Waals surface area contributed by atoms with E-state index in [1.54, 1.807) is 19.2 Å². The van der Waals surface area contributed by atoms with E-state index in [2.05, 4.69) is 10.6 Å². The molecule has 182 valence electrons. The van der Waals surface area contributed by atoms with Crippen molar-refractivity contribution in [3.05, 3.63) is 53.6 Å². The Kier molecular flexibility index (Phi) is 7.66. The number of nitrogens with one attached hydrogen (secondary N) is 2. The van der Waals surface area contributed by atoms with Gasteiger partial charge in [0.05, 0.1) is 26.2 Å². The summed E-state index contributed by atoms with van der Waals surface area (Å²) in [6.07, 6.45) is -0.508. The highest BCUT2D eigenvalue weighted by molar-refractivity contribution is 5.92. The second-order valence-corrected chi connectivity index (χ2v) is 8.47. The molecule has 2 heterocycles. The van der Waals surface area contributed by atoms with Crippen LogP contribution in [0, 0.1) is 0 Å². The number of methoxy groups -OCH3 is 2. The summed E-state index contributed by atoms with van der Waals surface area (Å²) in [6.45, 7) is 0.159. The SMILES string of the molecule is COCC(=O)Nc1ccc2c(c1)[C@H]1C[C@@H](CC(=O)NCc3ccc(OC)cc3)O[C@H](CO)[C@H]1O2. The molecule has 9 heteroatoms. The molecular weight excluding hydrogens is 440 g/mol. The number of anilines is 1. The summed E-state index contributed by atoms with van der Waals surface area (Å²) >= 11 is 0. The van der Waals surface area contributed by atoms with Crippen LogP contribution in [0.2, 0.25) is 0 Å². The van der Waals surface area contributed by atoms with Crippen LogP contribution in [0.5, 0.6) is 11.5 Å². The molecular formula is C25H30N2O7. The quantitative estimate of drug-likeness (QED) is 0.513. The van der Waals surface area contributed by atoms with Crippen molar-refractivity contribution >= 4 is 17.5 Å². The number of hydrogen-bond acceptors (Lipinski definition) is 7. The van der Waals surface area contributed by atoms with Crippen LogP contribution in [0.15, 0.2) is 42.5 Å². The summed E-state index contributed by atoms with van der Waals surface area (Å²) in [4.78, 5) is 24.5. The molecule has 2 aromatic rings. The Hall–Kier alpha value is -3.14. The summed E-state index contributed by atoms with van der Waals surface area (Å²) in [6, 6.07) is 13.0. The standard InChI is InChI=1S/C25H30N2O7/c1-31-14-24(30)27-16-5-8-21-19(9-16)20-10-18(33-22(13-28)25(20)34-21)11-23(29)26-12-15-3-6-17(32-2)7-4-15/h3-9,18,20,22,25,28H,10-14H2,1-2H3,(H,26,29)(H,27,30)/t18-,20+,22+,25-/m0/s1. The van der Waals surface area contributed by atoms with Crippen molar-refractivity contribution in [3.63, 3.8) is 0 Å². The van der Waals surface area contributed by atoms with Crippen molar-refractivity contribution in [2.75, 3.05) is 32.8 Å². The lowest BCUT2D eigenvalue weighted by Crippen LogP contribution is -2.47. The van der Waals surface area contributed by atoms with E-state index in [1.165, 1.54) is 7.11 Å². The predicted molar refractivity (Wildman–Crippen MR) is 124 cm³/mol. The van der Waals surface area contributed by atoms with Gasteiger partial charge in [-0.15, -0.1) is 0 Å². The molecule has 1 fully saturated rings. The lowest BCUT2D eigenvalue weighted by atomic mass is 9.84. The number of benzene rings is 2. The number of carbonyl (C=O) groups excluding carboxylic acids is 2. The van der Waals surface area contributed by atoms with E-state index in [-0.39, 0.29) is 49.6 Å². The Bertz CT molecular complexity index is 1010. The minimum atomic E-state index is -0.544. The van der Waals surface area contributed by atoms with E-state index >= 15 is 0 Å². The minimum Gasteiger partial charge on any atom is -0.497 e. The second kappa shape index (κ2) is 10.9. The van der Waals surface area contributed by atoms with Gasteiger partial charge >= 0.3 is 0 Å². The van der Waals surface area contributed by atoms with Crippen LogP contribution in [0.25, 0.3) is 0 Å². The number of aliphatic hydroxyl groups is 1. The van der Waals surface area contributed by atoms with Gasteiger partial charge in [0.25, 0.3) is 0 Å². The summed E-state index contributed by atoms with van der Waals surface area (Å²) in [7, 11) is 3.07. The van der Waals surface area contributed by atoms with E-state index in [9.17, 15) is 14.7 Å². The third-order valence-electron chi connectivity index (χ3n) is 6.12. The number of amides is 2. The minimum absolute atomic E-state index is 0.0340. The molecule has 2 amide bonds. The average Bonchev–Trinajstić information content (AvgIpc) is 3.20. The third kappa shape index (κ3) is 5.49. The molecule has 34 heavy (non-hydrogen) atoms. The first-order chi connectivity index (χ1) is 16.5. The van der Waals surface area contributed by atoms with Crippen LogP contribution in [0.1, 0.15) is 29.9 Å². The molecule has 2 aromatic carbocycles. The topological polar surface area (TPSA) is 115 Å². The van der Waals surface area contributed by atoms with Crippen LogP contribution in [-0.2, 0) is 25.6 Å².